The van der Waals surface area contributed by atoms with Crippen molar-refractivity contribution in [2.45, 2.75) is 13.8 Å². The number of hydrogen-bond acceptors (Lipinski definition) is 5. The summed E-state index contributed by atoms with van der Waals surface area (Å²) in [6, 6.07) is 5.25. The summed E-state index contributed by atoms with van der Waals surface area (Å²) in [5.74, 6) is 1.76. The van der Waals surface area contributed by atoms with Crippen LogP contribution in [0.15, 0.2) is 18.2 Å². The first-order chi connectivity index (χ1) is 10.6. The second kappa shape index (κ2) is 7.93. The molecular formula is C15H20N2O4S. The lowest BCUT2D eigenvalue weighted by atomic mass is 10.2. The first-order valence-electron chi connectivity index (χ1n) is 7.25. The van der Waals surface area contributed by atoms with Crippen LogP contribution >= 0.6 is 11.8 Å². The number of benzene rings is 1. The predicted octanol–water partition coefficient (Wildman–Crippen LogP) is 2.59. The smallest absolute Gasteiger partial charge is 0.282 e. The molecule has 120 valence electrons. The molecular weight excluding hydrogens is 304 g/mol. The number of ether oxygens (including phenoxy) is 2. The molecule has 6 nitrogen and oxygen atoms in total. The van der Waals surface area contributed by atoms with E-state index in [9.17, 15) is 9.59 Å². The fraction of sp³-hybridized carbons (Fsp3) is 0.467. The van der Waals surface area contributed by atoms with E-state index >= 15 is 0 Å². The van der Waals surface area contributed by atoms with Gasteiger partial charge in [-0.1, -0.05) is 11.8 Å². The minimum absolute atomic E-state index is 0.0446. The van der Waals surface area contributed by atoms with Crippen LogP contribution in [-0.2, 0) is 4.79 Å². The average molecular weight is 324 g/mol. The number of nitrogens with one attached hydrogen (secondary N) is 1. The molecule has 2 amide bonds. The minimum atomic E-state index is -0.220. The van der Waals surface area contributed by atoms with Crippen molar-refractivity contribution in [1.29, 1.82) is 0 Å². The third-order valence-corrected chi connectivity index (χ3v) is 3.90. The number of thioether (sulfide) groups is 1. The molecule has 1 aliphatic heterocycles. The van der Waals surface area contributed by atoms with Crippen LogP contribution in [0.3, 0.4) is 0 Å². The third kappa shape index (κ3) is 4.30. The Morgan fingerprint density at radius 3 is 2.64 bits per heavy atom. The highest BCUT2D eigenvalue weighted by Crippen LogP contribution is 2.30. The summed E-state index contributed by atoms with van der Waals surface area (Å²) in [5.41, 5.74) is 0.621. The van der Waals surface area contributed by atoms with Crippen molar-refractivity contribution in [2.24, 2.45) is 0 Å². The first-order valence-corrected chi connectivity index (χ1v) is 8.23. The van der Waals surface area contributed by atoms with E-state index in [-0.39, 0.29) is 17.7 Å². The summed E-state index contributed by atoms with van der Waals surface area (Å²) < 4.78 is 11.0. The molecule has 7 heteroatoms. The van der Waals surface area contributed by atoms with Crippen molar-refractivity contribution in [3.63, 3.8) is 0 Å². The molecule has 0 saturated carbocycles. The first kappa shape index (κ1) is 16.5. The molecule has 1 aliphatic rings. The maximum absolute atomic E-state index is 12.0. The highest BCUT2D eigenvalue weighted by atomic mass is 32.2. The fourth-order valence-corrected chi connectivity index (χ4v) is 2.90. The molecule has 1 saturated heterocycles. The van der Waals surface area contributed by atoms with Gasteiger partial charge in [-0.05, 0) is 26.0 Å². The lowest BCUT2D eigenvalue weighted by molar-refractivity contribution is -0.116. The Morgan fingerprint density at radius 2 is 2.00 bits per heavy atom. The van der Waals surface area contributed by atoms with Gasteiger partial charge in [0.25, 0.3) is 5.24 Å². The predicted molar refractivity (Wildman–Crippen MR) is 86.8 cm³/mol. The normalized spacial score (nSPS) is 14.1. The fourth-order valence-electron chi connectivity index (χ4n) is 2.07. The van der Waals surface area contributed by atoms with E-state index in [0.29, 0.717) is 36.9 Å². The summed E-state index contributed by atoms with van der Waals surface area (Å²) in [6.07, 6.45) is 0. The number of nitrogens with zero attached hydrogens (tertiary/aromatic N) is 1. The molecule has 0 atom stereocenters. The number of rotatable bonds is 7. The van der Waals surface area contributed by atoms with Crippen molar-refractivity contribution in [1.82, 2.24) is 4.90 Å². The van der Waals surface area contributed by atoms with Gasteiger partial charge in [-0.25, -0.2) is 0 Å². The number of anilines is 1. The van der Waals surface area contributed by atoms with Crippen LogP contribution in [0.2, 0.25) is 0 Å². The van der Waals surface area contributed by atoms with Crippen LogP contribution < -0.4 is 14.8 Å². The lowest BCUT2D eigenvalue weighted by Crippen LogP contribution is -2.33. The molecule has 0 aliphatic carbocycles. The Kier molecular flexibility index (Phi) is 5.94. The molecule has 0 bridgehead atoms. The van der Waals surface area contributed by atoms with Gasteiger partial charge in [0.1, 0.15) is 6.54 Å². The van der Waals surface area contributed by atoms with Crippen LogP contribution in [0.1, 0.15) is 13.8 Å². The molecule has 2 rings (SSSR count). The average Bonchev–Trinajstić information content (AvgIpc) is 2.87. The highest BCUT2D eigenvalue weighted by molar-refractivity contribution is 8.13. The summed E-state index contributed by atoms with van der Waals surface area (Å²) in [6.45, 7) is 5.53. The van der Waals surface area contributed by atoms with Gasteiger partial charge in [0.05, 0.1) is 13.2 Å². The van der Waals surface area contributed by atoms with Crippen molar-refractivity contribution in [3.05, 3.63) is 18.2 Å². The zero-order chi connectivity index (χ0) is 15.9. The number of amides is 2. The Morgan fingerprint density at radius 1 is 1.27 bits per heavy atom. The zero-order valence-corrected chi connectivity index (χ0v) is 13.6. The van der Waals surface area contributed by atoms with Crippen LogP contribution in [-0.4, -0.2) is 48.1 Å². The molecule has 0 spiro atoms. The zero-order valence-electron chi connectivity index (χ0n) is 12.8. The SMILES string of the molecule is CCOc1ccc(NC(=O)CN2CCSC2=O)cc1OCC. The molecule has 1 heterocycles. The van der Waals surface area contributed by atoms with Crippen LogP contribution in [0.5, 0.6) is 11.5 Å². The highest BCUT2D eigenvalue weighted by Gasteiger charge is 2.23. The molecule has 1 aromatic carbocycles. The van der Waals surface area contributed by atoms with E-state index in [1.165, 1.54) is 16.7 Å². The van der Waals surface area contributed by atoms with Gasteiger partial charge in [0.2, 0.25) is 5.91 Å². The second-order valence-electron chi connectivity index (χ2n) is 4.61. The molecule has 0 aromatic heterocycles. The van der Waals surface area contributed by atoms with Crippen molar-refractivity contribution in [3.8, 4) is 11.5 Å². The summed E-state index contributed by atoms with van der Waals surface area (Å²) >= 11 is 1.24. The second-order valence-corrected chi connectivity index (χ2v) is 5.66. The van der Waals surface area contributed by atoms with E-state index in [1.807, 2.05) is 13.8 Å². The Balaban J connectivity index is 2.00. The monoisotopic (exact) mass is 324 g/mol. The van der Waals surface area contributed by atoms with Gasteiger partial charge in [-0.2, -0.15) is 0 Å². The van der Waals surface area contributed by atoms with Crippen LogP contribution in [0.25, 0.3) is 0 Å². The quantitative estimate of drug-likeness (QED) is 0.835. The van der Waals surface area contributed by atoms with Crippen LogP contribution in [0, 0.1) is 0 Å². The van der Waals surface area contributed by atoms with Crippen molar-refractivity contribution in [2.75, 3.05) is 37.4 Å². The molecule has 1 N–H and O–H groups in total. The lowest BCUT2D eigenvalue weighted by Gasteiger charge is -2.15. The van der Waals surface area contributed by atoms with Gasteiger partial charge in [0.15, 0.2) is 11.5 Å². The van der Waals surface area contributed by atoms with E-state index in [1.54, 1.807) is 18.2 Å². The van der Waals surface area contributed by atoms with E-state index in [4.69, 9.17) is 9.47 Å². The third-order valence-electron chi connectivity index (χ3n) is 3.01. The van der Waals surface area contributed by atoms with Gasteiger partial charge < -0.3 is 19.7 Å². The van der Waals surface area contributed by atoms with Gasteiger partial charge in [-0.15, -0.1) is 0 Å². The standard InChI is InChI=1S/C15H20N2O4S/c1-3-20-12-6-5-11(9-13(12)21-4-2)16-14(18)10-17-7-8-22-15(17)19/h5-6,9H,3-4,7-8,10H2,1-2H3,(H,16,18). The molecule has 0 radical (unpaired) electrons. The molecule has 1 fully saturated rings. The molecule has 22 heavy (non-hydrogen) atoms. The van der Waals surface area contributed by atoms with E-state index in [0.717, 1.165) is 5.75 Å². The minimum Gasteiger partial charge on any atom is -0.490 e. The number of hydrogen-bond donors (Lipinski definition) is 1. The Bertz CT molecular complexity index is 550. The van der Waals surface area contributed by atoms with Crippen molar-refractivity contribution < 1.29 is 19.1 Å². The Labute approximate surface area is 134 Å². The largest absolute Gasteiger partial charge is 0.490 e. The summed E-state index contributed by atoms with van der Waals surface area (Å²) in [5, 5.41) is 2.74. The maximum atomic E-state index is 12.0. The van der Waals surface area contributed by atoms with Crippen LogP contribution in [0.4, 0.5) is 10.5 Å². The van der Waals surface area contributed by atoms with Gasteiger partial charge >= 0.3 is 0 Å². The molecule has 1 aromatic rings. The van der Waals surface area contributed by atoms with Gasteiger partial charge in [0, 0.05) is 24.1 Å². The van der Waals surface area contributed by atoms with E-state index in [2.05, 4.69) is 5.32 Å². The maximum Gasteiger partial charge on any atom is 0.282 e. The summed E-state index contributed by atoms with van der Waals surface area (Å²) in [4.78, 5) is 25.0. The Hall–Kier alpha value is -1.89. The number of carbonyl (C=O) groups is 2. The topological polar surface area (TPSA) is 67.9 Å². The number of carbonyl (C=O) groups excluding carboxylic acids is 2. The van der Waals surface area contributed by atoms with Crippen molar-refractivity contribution >= 4 is 28.6 Å². The van der Waals surface area contributed by atoms with Gasteiger partial charge in [-0.3, -0.25) is 9.59 Å². The van der Waals surface area contributed by atoms with E-state index < -0.39 is 0 Å². The molecule has 0 unspecified atom stereocenters. The summed E-state index contributed by atoms with van der Waals surface area (Å²) in [7, 11) is 0.